The average molecular weight is 324 g/mol. The third-order valence-corrected chi connectivity index (χ3v) is 5.71. The van der Waals surface area contributed by atoms with Crippen LogP contribution in [-0.4, -0.2) is 41.2 Å². The van der Waals surface area contributed by atoms with Crippen LogP contribution in [0.1, 0.15) is 31.4 Å². The van der Waals surface area contributed by atoms with Crippen molar-refractivity contribution in [1.29, 1.82) is 0 Å². The number of methoxy groups -OCH3 is 1. The summed E-state index contributed by atoms with van der Waals surface area (Å²) >= 11 is 0. The predicted octanol–water partition coefficient (Wildman–Crippen LogP) is 3.32. The Morgan fingerprint density at radius 3 is 2.96 bits per heavy atom. The summed E-state index contributed by atoms with van der Waals surface area (Å²) < 4.78 is 5.35. The number of rotatable bonds is 3. The van der Waals surface area contributed by atoms with Crippen molar-refractivity contribution in [3.63, 3.8) is 0 Å². The van der Waals surface area contributed by atoms with Crippen molar-refractivity contribution in [3.05, 3.63) is 47.7 Å². The maximum atomic E-state index is 11.2. The SMILES string of the molecule is CC=C1CN2CC[C@H]1CC2[C@H](O)c1ccnc2ccc(OC)cc12. The fraction of sp³-hybridized carbons (Fsp3) is 0.450. The molecule has 3 saturated heterocycles. The molecule has 3 aliphatic rings. The quantitative estimate of drug-likeness (QED) is 0.880. The zero-order valence-corrected chi connectivity index (χ0v) is 14.3. The predicted molar refractivity (Wildman–Crippen MR) is 95.1 cm³/mol. The van der Waals surface area contributed by atoms with Crippen LogP contribution in [0, 0.1) is 5.92 Å². The number of aliphatic hydroxyl groups is 1. The molecule has 24 heavy (non-hydrogen) atoms. The molecule has 3 fully saturated rings. The van der Waals surface area contributed by atoms with E-state index in [0.717, 1.165) is 41.7 Å². The van der Waals surface area contributed by atoms with Crippen LogP contribution in [0.3, 0.4) is 0 Å². The van der Waals surface area contributed by atoms with Crippen LogP contribution in [0.4, 0.5) is 0 Å². The largest absolute Gasteiger partial charge is 0.497 e. The maximum absolute atomic E-state index is 11.2. The van der Waals surface area contributed by atoms with Gasteiger partial charge in [0.2, 0.25) is 0 Å². The highest BCUT2D eigenvalue weighted by Gasteiger charge is 2.40. The molecule has 0 saturated carbocycles. The monoisotopic (exact) mass is 324 g/mol. The third kappa shape index (κ3) is 2.50. The number of pyridine rings is 1. The number of aromatic nitrogens is 1. The van der Waals surface area contributed by atoms with Crippen LogP contribution in [0.25, 0.3) is 10.9 Å². The van der Waals surface area contributed by atoms with E-state index in [-0.39, 0.29) is 6.04 Å². The summed E-state index contributed by atoms with van der Waals surface area (Å²) in [6.07, 6.45) is 5.80. The van der Waals surface area contributed by atoms with Crippen LogP contribution in [0.2, 0.25) is 0 Å². The Kier molecular flexibility index (Phi) is 4.02. The average Bonchev–Trinajstić information content (AvgIpc) is 2.66. The van der Waals surface area contributed by atoms with Gasteiger partial charge in [0.1, 0.15) is 5.75 Å². The van der Waals surface area contributed by atoms with Gasteiger partial charge in [0.05, 0.1) is 18.7 Å². The number of aliphatic hydroxyl groups excluding tert-OH is 1. The second-order valence-corrected chi connectivity index (χ2v) is 6.85. The normalized spacial score (nSPS) is 29.1. The molecule has 2 aromatic rings. The molecule has 2 unspecified atom stereocenters. The summed E-state index contributed by atoms with van der Waals surface area (Å²) in [7, 11) is 1.66. The smallest absolute Gasteiger partial charge is 0.119 e. The molecule has 4 heteroatoms. The lowest BCUT2D eigenvalue weighted by atomic mass is 9.76. The Labute approximate surface area is 142 Å². The van der Waals surface area contributed by atoms with Gasteiger partial charge in [0.15, 0.2) is 0 Å². The Morgan fingerprint density at radius 2 is 2.25 bits per heavy atom. The van der Waals surface area contributed by atoms with Crippen molar-refractivity contribution < 1.29 is 9.84 Å². The molecule has 0 radical (unpaired) electrons. The van der Waals surface area contributed by atoms with E-state index in [0.29, 0.717) is 5.92 Å². The number of hydrogen-bond donors (Lipinski definition) is 1. The van der Waals surface area contributed by atoms with Crippen LogP contribution < -0.4 is 4.74 Å². The zero-order valence-electron chi connectivity index (χ0n) is 14.3. The Balaban J connectivity index is 1.70. The van der Waals surface area contributed by atoms with E-state index in [2.05, 4.69) is 22.9 Å². The molecule has 4 nitrogen and oxygen atoms in total. The van der Waals surface area contributed by atoms with Crippen molar-refractivity contribution in [2.75, 3.05) is 20.2 Å². The van der Waals surface area contributed by atoms with Gasteiger partial charge >= 0.3 is 0 Å². The highest BCUT2D eigenvalue weighted by atomic mass is 16.5. The molecule has 126 valence electrons. The number of benzene rings is 1. The number of piperidine rings is 3. The first-order valence-corrected chi connectivity index (χ1v) is 8.71. The van der Waals surface area contributed by atoms with Crippen molar-refractivity contribution in [1.82, 2.24) is 9.88 Å². The van der Waals surface area contributed by atoms with Crippen molar-refractivity contribution in [3.8, 4) is 5.75 Å². The minimum Gasteiger partial charge on any atom is -0.497 e. The second kappa shape index (κ2) is 6.19. The lowest BCUT2D eigenvalue weighted by molar-refractivity contribution is -0.00340. The molecule has 5 rings (SSSR count). The molecular formula is C20H24N2O2. The van der Waals surface area contributed by atoms with E-state index in [1.165, 1.54) is 12.0 Å². The highest BCUT2D eigenvalue weighted by Crippen LogP contribution is 2.41. The van der Waals surface area contributed by atoms with E-state index in [9.17, 15) is 5.11 Å². The van der Waals surface area contributed by atoms with E-state index in [1.54, 1.807) is 13.3 Å². The number of hydrogen-bond acceptors (Lipinski definition) is 4. The minimum atomic E-state index is -0.496. The molecule has 1 aromatic carbocycles. The molecule has 2 bridgehead atoms. The van der Waals surface area contributed by atoms with Gasteiger partial charge in [-0.15, -0.1) is 0 Å². The number of ether oxygens (including phenoxy) is 1. The van der Waals surface area contributed by atoms with Crippen LogP contribution in [0.5, 0.6) is 5.75 Å². The summed E-state index contributed by atoms with van der Waals surface area (Å²) in [4.78, 5) is 6.87. The number of fused-ring (bicyclic) bond motifs is 4. The van der Waals surface area contributed by atoms with Gasteiger partial charge in [0, 0.05) is 24.2 Å². The Morgan fingerprint density at radius 1 is 1.38 bits per heavy atom. The molecule has 0 amide bonds. The molecule has 3 aliphatic heterocycles. The summed E-state index contributed by atoms with van der Waals surface area (Å²) in [6.45, 7) is 4.20. The summed E-state index contributed by atoms with van der Waals surface area (Å²) in [5.74, 6) is 1.42. The van der Waals surface area contributed by atoms with E-state index < -0.39 is 6.10 Å². The first-order valence-electron chi connectivity index (χ1n) is 8.71. The molecule has 4 atom stereocenters. The van der Waals surface area contributed by atoms with Crippen molar-refractivity contribution >= 4 is 10.9 Å². The first kappa shape index (κ1) is 15.6. The summed E-state index contributed by atoms with van der Waals surface area (Å²) in [5, 5.41) is 12.1. The Bertz CT molecular complexity index is 786. The molecule has 1 N–H and O–H groups in total. The second-order valence-electron chi connectivity index (χ2n) is 6.85. The molecule has 1 aromatic heterocycles. The zero-order chi connectivity index (χ0) is 16.7. The fourth-order valence-corrected chi connectivity index (χ4v) is 4.34. The van der Waals surface area contributed by atoms with Gasteiger partial charge in [-0.05, 0) is 62.1 Å². The van der Waals surface area contributed by atoms with Crippen LogP contribution in [-0.2, 0) is 0 Å². The molecule has 0 spiro atoms. The number of allylic oxidation sites excluding steroid dienone is 1. The first-order chi connectivity index (χ1) is 11.7. The highest BCUT2D eigenvalue weighted by molar-refractivity contribution is 5.83. The van der Waals surface area contributed by atoms with Crippen LogP contribution >= 0.6 is 0 Å². The lowest BCUT2D eigenvalue weighted by Crippen LogP contribution is -2.52. The summed E-state index contributed by atoms with van der Waals surface area (Å²) in [5.41, 5.74) is 3.39. The van der Waals surface area contributed by atoms with Gasteiger partial charge in [0.25, 0.3) is 0 Å². The summed E-state index contributed by atoms with van der Waals surface area (Å²) in [6, 6.07) is 7.98. The Hall–Kier alpha value is -1.91. The van der Waals surface area contributed by atoms with Gasteiger partial charge in [-0.25, -0.2) is 0 Å². The van der Waals surface area contributed by atoms with Crippen LogP contribution in [0.15, 0.2) is 42.1 Å². The van der Waals surface area contributed by atoms with Gasteiger partial charge < -0.3 is 9.84 Å². The lowest BCUT2D eigenvalue weighted by Gasteiger charge is -2.48. The van der Waals surface area contributed by atoms with Gasteiger partial charge in [-0.2, -0.15) is 0 Å². The van der Waals surface area contributed by atoms with Crippen molar-refractivity contribution in [2.45, 2.75) is 31.9 Å². The fourth-order valence-electron chi connectivity index (χ4n) is 4.34. The van der Waals surface area contributed by atoms with Gasteiger partial charge in [-0.3, -0.25) is 9.88 Å². The topological polar surface area (TPSA) is 45.6 Å². The standard InChI is InChI=1S/C20H24N2O2/c1-3-13-12-22-9-7-14(13)10-19(22)20(23)16-6-8-21-18-5-4-15(24-2)11-17(16)18/h3-6,8,11,14,19-20,23H,7,9-10,12H2,1-2H3/t14-,19?,20+/m0/s1. The minimum absolute atomic E-state index is 0.184. The number of nitrogens with zero attached hydrogens (tertiary/aromatic N) is 2. The van der Waals surface area contributed by atoms with E-state index >= 15 is 0 Å². The van der Waals surface area contributed by atoms with Crippen molar-refractivity contribution in [2.24, 2.45) is 5.92 Å². The molecule has 0 aliphatic carbocycles. The van der Waals surface area contributed by atoms with E-state index in [4.69, 9.17) is 4.74 Å². The third-order valence-electron chi connectivity index (χ3n) is 5.71. The van der Waals surface area contributed by atoms with E-state index in [1.807, 2.05) is 24.3 Å². The van der Waals surface area contributed by atoms with Gasteiger partial charge in [-0.1, -0.05) is 11.6 Å². The molecular weight excluding hydrogens is 300 g/mol. The molecule has 4 heterocycles. The maximum Gasteiger partial charge on any atom is 0.119 e.